The van der Waals surface area contributed by atoms with E-state index >= 15 is 0 Å². The summed E-state index contributed by atoms with van der Waals surface area (Å²) < 4.78 is 20.3. The molecule has 0 aliphatic heterocycles. The average molecular weight is 429 g/mol. The molecule has 30 heavy (non-hydrogen) atoms. The van der Waals surface area contributed by atoms with Crippen molar-refractivity contribution in [2.24, 2.45) is 16.2 Å². The maximum atomic E-state index is 12.4. The third kappa shape index (κ3) is 9.89. The predicted molar refractivity (Wildman–Crippen MR) is 110 cm³/mol. The summed E-state index contributed by atoms with van der Waals surface area (Å²) in [5, 5.41) is 0. The van der Waals surface area contributed by atoms with Crippen LogP contribution in [0.4, 0.5) is 0 Å². The molecule has 0 aliphatic rings. The Morgan fingerprint density at radius 3 is 1.30 bits per heavy atom. The summed E-state index contributed by atoms with van der Waals surface area (Å²) >= 11 is 0. The Hall–Kier alpha value is -2.38. The van der Waals surface area contributed by atoms with Crippen molar-refractivity contribution in [2.45, 2.75) is 61.8 Å². The smallest absolute Gasteiger partial charge is 0.333 e. The summed E-state index contributed by atoms with van der Waals surface area (Å²) in [6.07, 6.45) is 0.172. The SMILES string of the molecule is C=C(C)C(=O)OCCOC(=O)C(C)(C)CC(C)(C)C(=O)OCCOC(=O)C(C)(C)C. The minimum absolute atomic E-state index is 0.0355. The zero-order chi connectivity index (χ0) is 23.8. The lowest BCUT2D eigenvalue weighted by molar-refractivity contribution is -0.167. The minimum Gasteiger partial charge on any atom is -0.462 e. The first-order chi connectivity index (χ1) is 13.5. The number of carbonyl (C=O) groups is 4. The van der Waals surface area contributed by atoms with Crippen LogP contribution < -0.4 is 0 Å². The molecule has 0 spiro atoms. The lowest BCUT2D eigenvalue weighted by atomic mass is 9.75. The van der Waals surface area contributed by atoms with Crippen molar-refractivity contribution in [3.63, 3.8) is 0 Å². The molecule has 0 aromatic carbocycles. The highest BCUT2D eigenvalue weighted by molar-refractivity contribution is 5.87. The van der Waals surface area contributed by atoms with E-state index in [2.05, 4.69) is 6.58 Å². The summed E-state index contributed by atoms with van der Waals surface area (Å²) in [5.74, 6) is -1.96. The first-order valence-corrected chi connectivity index (χ1v) is 9.85. The van der Waals surface area contributed by atoms with Gasteiger partial charge < -0.3 is 18.9 Å². The van der Waals surface area contributed by atoms with Crippen LogP contribution >= 0.6 is 0 Å². The highest BCUT2D eigenvalue weighted by atomic mass is 16.6. The molecule has 0 saturated heterocycles. The van der Waals surface area contributed by atoms with Crippen molar-refractivity contribution in [3.05, 3.63) is 12.2 Å². The van der Waals surface area contributed by atoms with Gasteiger partial charge in [0.05, 0.1) is 16.2 Å². The number of hydrogen-bond donors (Lipinski definition) is 0. The van der Waals surface area contributed by atoms with Crippen LogP contribution in [0, 0.1) is 16.2 Å². The second-order valence-electron chi connectivity index (χ2n) is 9.52. The highest BCUT2D eigenvalue weighted by Crippen LogP contribution is 2.35. The van der Waals surface area contributed by atoms with Gasteiger partial charge in [0.15, 0.2) is 0 Å². The summed E-state index contributed by atoms with van der Waals surface area (Å²) in [4.78, 5) is 47.8. The molecule has 0 radical (unpaired) electrons. The molecule has 0 amide bonds. The van der Waals surface area contributed by atoms with Crippen LogP contribution in [-0.2, 0) is 38.1 Å². The summed E-state index contributed by atoms with van der Waals surface area (Å²) in [6, 6.07) is 0. The van der Waals surface area contributed by atoms with Gasteiger partial charge in [-0.05, 0) is 61.8 Å². The highest BCUT2D eigenvalue weighted by Gasteiger charge is 2.41. The summed E-state index contributed by atoms with van der Waals surface area (Å²) in [6.45, 7) is 16.6. The van der Waals surface area contributed by atoms with Crippen molar-refractivity contribution in [3.8, 4) is 0 Å². The standard InChI is InChI=1S/C22H36O8/c1-15(2)16(23)27-10-11-29-18(25)21(6,7)14-22(8,9)19(26)30-13-12-28-17(24)20(3,4)5/h1,10-14H2,2-9H3. The van der Waals surface area contributed by atoms with Crippen LogP contribution in [-0.4, -0.2) is 50.3 Å². The molecular formula is C22H36O8. The van der Waals surface area contributed by atoms with E-state index in [9.17, 15) is 19.2 Å². The molecule has 0 aromatic rings. The molecule has 0 unspecified atom stereocenters. The number of esters is 4. The van der Waals surface area contributed by atoms with Gasteiger partial charge in [-0.1, -0.05) is 6.58 Å². The van der Waals surface area contributed by atoms with E-state index < -0.39 is 34.2 Å². The summed E-state index contributed by atoms with van der Waals surface area (Å²) in [5.41, 5.74) is -2.31. The third-order valence-electron chi connectivity index (χ3n) is 4.05. The van der Waals surface area contributed by atoms with Crippen LogP contribution in [0.5, 0.6) is 0 Å². The van der Waals surface area contributed by atoms with Crippen LogP contribution in [0.15, 0.2) is 12.2 Å². The van der Waals surface area contributed by atoms with E-state index in [0.717, 1.165) is 0 Å². The largest absolute Gasteiger partial charge is 0.462 e. The van der Waals surface area contributed by atoms with E-state index in [1.54, 1.807) is 48.5 Å². The maximum absolute atomic E-state index is 12.4. The van der Waals surface area contributed by atoms with Crippen LogP contribution in [0.25, 0.3) is 0 Å². The van der Waals surface area contributed by atoms with E-state index in [1.807, 2.05) is 0 Å². The fraction of sp³-hybridized carbons (Fsp3) is 0.727. The maximum Gasteiger partial charge on any atom is 0.333 e. The minimum atomic E-state index is -0.973. The molecular weight excluding hydrogens is 392 g/mol. The van der Waals surface area contributed by atoms with Crippen molar-refractivity contribution in [1.29, 1.82) is 0 Å². The molecule has 0 bridgehead atoms. The van der Waals surface area contributed by atoms with Gasteiger partial charge in [-0.3, -0.25) is 14.4 Å². The zero-order valence-electron chi connectivity index (χ0n) is 19.5. The van der Waals surface area contributed by atoms with Gasteiger partial charge in [0.25, 0.3) is 0 Å². The second kappa shape index (κ2) is 11.1. The Kier molecular flexibility index (Phi) is 10.2. The van der Waals surface area contributed by atoms with Crippen LogP contribution in [0.3, 0.4) is 0 Å². The normalized spacial score (nSPS) is 12.0. The monoisotopic (exact) mass is 428 g/mol. The molecule has 8 heteroatoms. The molecule has 0 aromatic heterocycles. The number of hydrogen-bond acceptors (Lipinski definition) is 8. The fourth-order valence-electron chi connectivity index (χ4n) is 2.52. The van der Waals surface area contributed by atoms with E-state index in [-0.39, 0.29) is 44.4 Å². The van der Waals surface area contributed by atoms with E-state index in [4.69, 9.17) is 18.9 Å². The second-order valence-corrected chi connectivity index (χ2v) is 9.52. The molecule has 0 saturated carbocycles. The molecule has 0 heterocycles. The molecule has 0 atom stereocenters. The number of rotatable bonds is 11. The fourth-order valence-corrected chi connectivity index (χ4v) is 2.52. The van der Waals surface area contributed by atoms with Crippen molar-refractivity contribution < 1.29 is 38.1 Å². The molecule has 0 rings (SSSR count). The summed E-state index contributed by atoms with van der Waals surface area (Å²) in [7, 11) is 0. The lowest BCUT2D eigenvalue weighted by Crippen LogP contribution is -2.38. The van der Waals surface area contributed by atoms with Crippen molar-refractivity contribution >= 4 is 23.9 Å². The van der Waals surface area contributed by atoms with Gasteiger partial charge in [-0.25, -0.2) is 4.79 Å². The first-order valence-electron chi connectivity index (χ1n) is 9.85. The van der Waals surface area contributed by atoms with Gasteiger partial charge in [0, 0.05) is 5.57 Å². The van der Waals surface area contributed by atoms with Gasteiger partial charge in [0.1, 0.15) is 26.4 Å². The quantitative estimate of drug-likeness (QED) is 0.214. The Morgan fingerprint density at radius 1 is 0.633 bits per heavy atom. The average Bonchev–Trinajstić information content (AvgIpc) is 2.59. The van der Waals surface area contributed by atoms with E-state index in [1.165, 1.54) is 6.92 Å². The van der Waals surface area contributed by atoms with Gasteiger partial charge >= 0.3 is 23.9 Å². The molecule has 0 N–H and O–H groups in total. The molecule has 0 aliphatic carbocycles. The lowest BCUT2D eigenvalue weighted by Gasteiger charge is -2.31. The molecule has 0 fully saturated rings. The van der Waals surface area contributed by atoms with Crippen LogP contribution in [0.1, 0.15) is 61.8 Å². The van der Waals surface area contributed by atoms with Gasteiger partial charge in [0.2, 0.25) is 0 Å². The third-order valence-corrected chi connectivity index (χ3v) is 4.05. The Balaban J connectivity index is 4.51. The van der Waals surface area contributed by atoms with Gasteiger partial charge in [-0.15, -0.1) is 0 Å². The Bertz CT molecular complexity index is 653. The molecule has 8 nitrogen and oxygen atoms in total. The topological polar surface area (TPSA) is 105 Å². The zero-order valence-corrected chi connectivity index (χ0v) is 19.5. The molecule has 172 valence electrons. The Morgan fingerprint density at radius 2 is 0.967 bits per heavy atom. The predicted octanol–water partition coefficient (Wildman–Crippen LogP) is 3.22. The Labute approximate surface area is 179 Å². The van der Waals surface area contributed by atoms with Crippen LogP contribution in [0.2, 0.25) is 0 Å². The van der Waals surface area contributed by atoms with Crippen molar-refractivity contribution in [2.75, 3.05) is 26.4 Å². The number of carbonyl (C=O) groups excluding carboxylic acids is 4. The number of ether oxygens (including phenoxy) is 4. The van der Waals surface area contributed by atoms with Crippen molar-refractivity contribution in [1.82, 2.24) is 0 Å². The first kappa shape index (κ1) is 27.6. The van der Waals surface area contributed by atoms with Gasteiger partial charge in [-0.2, -0.15) is 0 Å². The van der Waals surface area contributed by atoms with E-state index in [0.29, 0.717) is 0 Å².